The molecule has 126 valence electrons. The first-order chi connectivity index (χ1) is 10.7. The van der Waals surface area contributed by atoms with Gasteiger partial charge in [0, 0.05) is 18.3 Å². The molecular formula is C17H28N4OSi. The van der Waals surface area contributed by atoms with E-state index in [2.05, 4.69) is 54.0 Å². The molecule has 1 fully saturated rings. The Balaban J connectivity index is 1.86. The molecule has 1 N–H and O–H groups in total. The third-order valence-electron chi connectivity index (χ3n) is 5.03. The second-order valence-electron chi connectivity index (χ2n) is 7.85. The number of anilines is 1. The van der Waals surface area contributed by atoms with E-state index in [1.165, 1.54) is 0 Å². The van der Waals surface area contributed by atoms with E-state index < -0.39 is 8.32 Å². The topological polar surface area (TPSA) is 51.4 Å². The molecule has 0 bridgehead atoms. The molecule has 0 unspecified atom stereocenters. The maximum Gasteiger partial charge on any atom is 0.319 e. The quantitative estimate of drug-likeness (QED) is 0.637. The number of rotatable bonds is 4. The van der Waals surface area contributed by atoms with Crippen LogP contribution in [-0.2, 0) is 4.43 Å². The first-order valence-corrected chi connectivity index (χ1v) is 11.3. The van der Waals surface area contributed by atoms with Gasteiger partial charge in [0.15, 0.2) is 8.32 Å². The van der Waals surface area contributed by atoms with Crippen molar-refractivity contribution in [3.63, 3.8) is 0 Å². The lowest BCUT2D eigenvalue weighted by Gasteiger charge is -2.41. The van der Waals surface area contributed by atoms with Gasteiger partial charge >= 0.3 is 5.95 Å². The maximum absolute atomic E-state index is 7.01. The number of aromatic nitrogens is 2. The second-order valence-corrected chi connectivity index (χ2v) is 12.6. The predicted octanol–water partition coefficient (Wildman–Crippen LogP) is 4.77. The van der Waals surface area contributed by atoms with Crippen LogP contribution in [0, 0.1) is 6.57 Å². The van der Waals surface area contributed by atoms with Crippen LogP contribution in [0.3, 0.4) is 0 Å². The zero-order valence-corrected chi connectivity index (χ0v) is 15.9. The molecule has 0 radical (unpaired) electrons. The molecular weight excluding hydrogens is 304 g/mol. The molecule has 1 aliphatic rings. The predicted molar refractivity (Wildman–Crippen MR) is 96.2 cm³/mol. The van der Waals surface area contributed by atoms with Crippen LogP contribution in [0.2, 0.25) is 18.1 Å². The summed E-state index contributed by atoms with van der Waals surface area (Å²) in [5.41, 5.74) is 0. The third kappa shape index (κ3) is 4.76. The van der Waals surface area contributed by atoms with Crippen molar-refractivity contribution in [2.75, 3.05) is 5.32 Å². The number of nitrogens with one attached hydrogen (secondary N) is 1. The van der Waals surface area contributed by atoms with Gasteiger partial charge in [-0.05, 0) is 49.9 Å². The molecule has 1 aromatic heterocycles. The number of hydrogen-bond donors (Lipinski definition) is 1. The Hall–Kier alpha value is -1.45. The molecule has 0 amide bonds. The summed E-state index contributed by atoms with van der Waals surface area (Å²) in [6.07, 6.45) is 6.29. The number of hydrogen-bond acceptors (Lipinski definition) is 4. The van der Waals surface area contributed by atoms with Gasteiger partial charge in [0.2, 0.25) is 0 Å². The molecule has 2 rings (SSSR count). The Morgan fingerprint density at radius 2 is 1.91 bits per heavy atom. The Labute approximate surface area is 140 Å². The van der Waals surface area contributed by atoms with E-state index in [0.29, 0.717) is 23.9 Å². The van der Waals surface area contributed by atoms with E-state index in [1.54, 1.807) is 12.3 Å². The van der Waals surface area contributed by atoms with Gasteiger partial charge < -0.3 is 14.6 Å². The first kappa shape index (κ1) is 17.9. The van der Waals surface area contributed by atoms with Crippen LogP contribution in [-0.4, -0.2) is 30.4 Å². The van der Waals surface area contributed by atoms with Gasteiger partial charge in [-0.3, -0.25) is 0 Å². The highest BCUT2D eigenvalue weighted by Gasteiger charge is 2.39. The highest BCUT2D eigenvalue weighted by molar-refractivity contribution is 6.74. The molecule has 1 saturated carbocycles. The molecule has 6 heteroatoms. The standard InChI is InChI=1S/C17H28N4OSi/c1-17(2,3)23(5,6)22-14-9-7-13(8-10-14)20-16-19-12-11-15(18-4)21-16/h11-14H,7-10H2,1-3,5-6H3,(H,19,20,21). The summed E-state index contributed by atoms with van der Waals surface area (Å²) >= 11 is 0. The zero-order valence-electron chi connectivity index (χ0n) is 14.9. The van der Waals surface area contributed by atoms with Crippen molar-refractivity contribution in [1.82, 2.24) is 9.97 Å². The first-order valence-electron chi connectivity index (χ1n) is 8.36. The molecule has 1 heterocycles. The molecule has 0 spiro atoms. The van der Waals surface area contributed by atoms with E-state index in [-0.39, 0.29) is 5.04 Å². The lowest BCUT2D eigenvalue weighted by Crippen LogP contribution is -2.45. The summed E-state index contributed by atoms with van der Waals surface area (Å²) in [4.78, 5) is 11.7. The fraction of sp³-hybridized carbons (Fsp3) is 0.706. The van der Waals surface area contributed by atoms with Crippen LogP contribution in [0.5, 0.6) is 0 Å². The second kappa shape index (κ2) is 6.98. The monoisotopic (exact) mass is 332 g/mol. The third-order valence-corrected chi connectivity index (χ3v) is 9.57. The zero-order chi connectivity index (χ0) is 17.1. The smallest absolute Gasteiger partial charge is 0.319 e. The molecule has 1 aliphatic carbocycles. The lowest BCUT2D eigenvalue weighted by atomic mass is 9.93. The van der Waals surface area contributed by atoms with E-state index in [4.69, 9.17) is 11.0 Å². The van der Waals surface area contributed by atoms with Crippen molar-refractivity contribution < 1.29 is 4.43 Å². The van der Waals surface area contributed by atoms with Crippen molar-refractivity contribution in [3.05, 3.63) is 23.7 Å². The van der Waals surface area contributed by atoms with Gasteiger partial charge in [0.05, 0.1) is 0 Å². The van der Waals surface area contributed by atoms with Crippen molar-refractivity contribution in [2.45, 2.75) is 76.7 Å². The summed E-state index contributed by atoms with van der Waals surface area (Å²) < 4.78 is 6.52. The van der Waals surface area contributed by atoms with Crippen molar-refractivity contribution in [2.24, 2.45) is 0 Å². The van der Waals surface area contributed by atoms with Gasteiger partial charge in [-0.2, -0.15) is 0 Å². The van der Waals surface area contributed by atoms with Gasteiger partial charge in [-0.25, -0.2) is 4.98 Å². The Morgan fingerprint density at radius 3 is 2.48 bits per heavy atom. The maximum atomic E-state index is 7.01. The largest absolute Gasteiger partial charge is 0.414 e. The van der Waals surface area contributed by atoms with Crippen LogP contribution in [0.25, 0.3) is 4.85 Å². The molecule has 0 aliphatic heterocycles. The van der Waals surface area contributed by atoms with Crippen LogP contribution in [0.4, 0.5) is 11.8 Å². The average molecular weight is 333 g/mol. The highest BCUT2D eigenvalue weighted by Crippen LogP contribution is 2.39. The van der Waals surface area contributed by atoms with Crippen LogP contribution >= 0.6 is 0 Å². The van der Waals surface area contributed by atoms with E-state index in [0.717, 1.165) is 25.7 Å². The van der Waals surface area contributed by atoms with E-state index >= 15 is 0 Å². The molecule has 1 aromatic rings. The van der Waals surface area contributed by atoms with E-state index in [1.807, 2.05) is 0 Å². The van der Waals surface area contributed by atoms with Gasteiger partial charge in [-0.15, -0.1) is 0 Å². The normalized spacial score (nSPS) is 22.4. The Morgan fingerprint density at radius 1 is 1.26 bits per heavy atom. The summed E-state index contributed by atoms with van der Waals surface area (Å²) in [5, 5.41) is 3.62. The van der Waals surface area contributed by atoms with Crippen molar-refractivity contribution >= 4 is 20.1 Å². The van der Waals surface area contributed by atoms with Crippen LogP contribution < -0.4 is 5.32 Å². The fourth-order valence-electron chi connectivity index (χ4n) is 2.58. The van der Waals surface area contributed by atoms with Gasteiger partial charge in [0.25, 0.3) is 5.82 Å². The number of nitrogens with zero attached hydrogens (tertiary/aromatic N) is 3. The van der Waals surface area contributed by atoms with Gasteiger partial charge in [0.1, 0.15) is 0 Å². The van der Waals surface area contributed by atoms with Crippen LogP contribution in [0.1, 0.15) is 46.5 Å². The molecule has 5 nitrogen and oxygen atoms in total. The minimum Gasteiger partial charge on any atom is -0.414 e. The fourth-order valence-corrected chi connectivity index (χ4v) is 4.00. The Kier molecular flexibility index (Phi) is 5.43. The molecule has 0 atom stereocenters. The Bertz CT molecular complexity index is 569. The van der Waals surface area contributed by atoms with Crippen molar-refractivity contribution in [1.29, 1.82) is 0 Å². The summed E-state index contributed by atoms with van der Waals surface area (Å²) in [5.74, 6) is 0.949. The summed E-state index contributed by atoms with van der Waals surface area (Å²) in [6, 6.07) is 2.00. The summed E-state index contributed by atoms with van der Waals surface area (Å²) in [7, 11) is -1.68. The van der Waals surface area contributed by atoms with Crippen molar-refractivity contribution in [3.8, 4) is 0 Å². The average Bonchev–Trinajstić information content (AvgIpc) is 2.48. The lowest BCUT2D eigenvalue weighted by molar-refractivity contribution is 0.133. The molecule has 0 aromatic carbocycles. The molecule has 23 heavy (non-hydrogen) atoms. The summed E-state index contributed by atoms with van der Waals surface area (Å²) in [6.45, 7) is 18.5. The minimum atomic E-state index is -1.68. The molecule has 0 saturated heterocycles. The minimum absolute atomic E-state index is 0.260. The SMILES string of the molecule is [C-]#[N+]c1ccnc(NC2CCC(O[Si](C)(C)C(C)(C)C)CC2)n1. The van der Waals surface area contributed by atoms with Gasteiger partial charge in [-0.1, -0.05) is 32.3 Å². The van der Waals surface area contributed by atoms with E-state index in [9.17, 15) is 0 Å². The highest BCUT2D eigenvalue weighted by atomic mass is 28.4. The van der Waals surface area contributed by atoms with Crippen LogP contribution in [0.15, 0.2) is 12.3 Å².